The molecule has 4 rings (SSSR count). The fourth-order valence-electron chi connectivity index (χ4n) is 3.11. The van der Waals surface area contributed by atoms with Crippen LogP contribution in [0.4, 0.5) is 5.13 Å². The van der Waals surface area contributed by atoms with E-state index in [9.17, 15) is 13.2 Å². The molecule has 1 amide bonds. The predicted octanol–water partition coefficient (Wildman–Crippen LogP) is 3.82. The lowest BCUT2D eigenvalue weighted by Crippen LogP contribution is -2.45. The maximum absolute atomic E-state index is 13.1. The molecule has 0 radical (unpaired) electrons. The van der Waals surface area contributed by atoms with Gasteiger partial charge < -0.3 is 5.32 Å². The summed E-state index contributed by atoms with van der Waals surface area (Å²) < 4.78 is 28.7. The normalized spacial score (nSPS) is 12.5. The lowest BCUT2D eigenvalue weighted by molar-refractivity contribution is -0.117. The molecule has 0 spiro atoms. The first kappa shape index (κ1) is 20.2. The van der Waals surface area contributed by atoms with Crippen LogP contribution in [-0.2, 0) is 21.2 Å². The van der Waals surface area contributed by atoms with Gasteiger partial charge in [-0.15, -0.1) is 11.3 Å². The van der Waals surface area contributed by atoms with Crippen molar-refractivity contribution in [1.29, 1.82) is 0 Å². The number of carbonyl (C=O) groups is 1. The molecule has 0 aliphatic heterocycles. The first-order valence-corrected chi connectivity index (χ1v) is 11.6. The first-order valence-electron chi connectivity index (χ1n) is 9.27. The number of aromatic nitrogens is 1. The fraction of sp³-hybridized carbons (Fsp3) is 0.0909. The Labute approximate surface area is 178 Å². The van der Waals surface area contributed by atoms with Gasteiger partial charge >= 0.3 is 0 Å². The number of carbonyl (C=O) groups excluding carboxylic acids is 1. The smallest absolute Gasteiger partial charge is 0.244 e. The largest absolute Gasteiger partial charge is 0.301 e. The second kappa shape index (κ2) is 8.74. The lowest BCUT2D eigenvalue weighted by atomic mass is 10.1. The zero-order chi connectivity index (χ0) is 21.0. The Balaban J connectivity index is 1.62. The molecule has 3 aromatic carbocycles. The van der Waals surface area contributed by atoms with Crippen LogP contribution in [-0.4, -0.2) is 25.4 Å². The van der Waals surface area contributed by atoms with E-state index in [2.05, 4.69) is 15.0 Å². The summed E-state index contributed by atoms with van der Waals surface area (Å²) in [6.45, 7) is 0. The molecule has 0 saturated carbocycles. The fourth-order valence-corrected chi connectivity index (χ4v) is 4.87. The maximum Gasteiger partial charge on any atom is 0.244 e. The number of amides is 1. The second-order valence-corrected chi connectivity index (χ2v) is 9.31. The molecule has 6 nitrogen and oxygen atoms in total. The van der Waals surface area contributed by atoms with Gasteiger partial charge in [0.15, 0.2) is 5.13 Å². The van der Waals surface area contributed by atoms with Crippen LogP contribution >= 0.6 is 11.3 Å². The van der Waals surface area contributed by atoms with Crippen LogP contribution in [0, 0.1) is 0 Å². The van der Waals surface area contributed by atoms with Gasteiger partial charge in [-0.05, 0) is 34.9 Å². The standard InChI is InChI=1S/C22H19N3O3S2/c26-21(24-22-23-12-13-29-22)20(14-16-6-2-1-3-7-16)25-30(27,28)19-11-10-17-8-4-5-9-18(17)15-19/h1-13,15,20,25H,14H2,(H,23,24,26)/t20-/m0/s1. The SMILES string of the molecule is O=C(Nc1nccs1)[C@H](Cc1ccccc1)NS(=O)(=O)c1ccc2ccccc2c1. The third kappa shape index (κ3) is 4.73. The number of hydrogen-bond donors (Lipinski definition) is 2. The minimum absolute atomic E-state index is 0.112. The highest BCUT2D eigenvalue weighted by Crippen LogP contribution is 2.20. The molecule has 2 N–H and O–H groups in total. The van der Waals surface area contributed by atoms with Crippen molar-refractivity contribution in [3.63, 3.8) is 0 Å². The lowest BCUT2D eigenvalue weighted by Gasteiger charge is -2.18. The number of hydrogen-bond acceptors (Lipinski definition) is 5. The Kier molecular flexibility index (Phi) is 5.89. The molecule has 30 heavy (non-hydrogen) atoms. The van der Waals surface area contributed by atoms with Crippen molar-refractivity contribution in [2.75, 3.05) is 5.32 Å². The highest BCUT2D eigenvalue weighted by Gasteiger charge is 2.27. The van der Waals surface area contributed by atoms with Gasteiger partial charge in [0.1, 0.15) is 6.04 Å². The molecule has 0 unspecified atom stereocenters. The predicted molar refractivity (Wildman–Crippen MR) is 119 cm³/mol. The van der Waals surface area contributed by atoms with Crippen molar-refractivity contribution in [2.45, 2.75) is 17.4 Å². The summed E-state index contributed by atoms with van der Waals surface area (Å²) in [4.78, 5) is 17.0. The van der Waals surface area contributed by atoms with Gasteiger partial charge in [-0.3, -0.25) is 4.79 Å². The average Bonchev–Trinajstić information content (AvgIpc) is 3.26. The Bertz CT molecular complexity index is 1260. The van der Waals surface area contributed by atoms with Crippen molar-refractivity contribution in [3.8, 4) is 0 Å². The topological polar surface area (TPSA) is 88.2 Å². The molecule has 0 aliphatic rings. The number of nitrogens with one attached hydrogen (secondary N) is 2. The van der Waals surface area contributed by atoms with E-state index in [1.165, 1.54) is 11.3 Å². The molecule has 0 bridgehead atoms. The molecule has 152 valence electrons. The minimum atomic E-state index is -3.92. The molecule has 1 atom stereocenters. The number of anilines is 1. The summed E-state index contributed by atoms with van der Waals surface area (Å²) in [5.41, 5.74) is 0.845. The van der Waals surface area contributed by atoms with Crippen LogP contribution in [0.5, 0.6) is 0 Å². The summed E-state index contributed by atoms with van der Waals surface area (Å²) in [7, 11) is -3.92. The molecular formula is C22H19N3O3S2. The van der Waals surface area contributed by atoms with E-state index >= 15 is 0 Å². The molecule has 0 saturated heterocycles. The molecule has 0 fully saturated rings. The third-order valence-corrected chi connectivity index (χ3v) is 6.75. The van der Waals surface area contributed by atoms with Crippen LogP contribution in [0.2, 0.25) is 0 Å². The minimum Gasteiger partial charge on any atom is -0.301 e. The first-order chi connectivity index (χ1) is 14.5. The number of fused-ring (bicyclic) bond motifs is 1. The number of sulfonamides is 1. The van der Waals surface area contributed by atoms with E-state index in [-0.39, 0.29) is 11.3 Å². The molecule has 1 aromatic heterocycles. The van der Waals surface area contributed by atoms with E-state index in [1.54, 1.807) is 29.8 Å². The Morgan fingerprint density at radius 2 is 1.70 bits per heavy atom. The Morgan fingerprint density at radius 3 is 2.43 bits per heavy atom. The van der Waals surface area contributed by atoms with E-state index in [4.69, 9.17) is 0 Å². The van der Waals surface area contributed by atoms with E-state index in [1.807, 2.05) is 54.6 Å². The van der Waals surface area contributed by atoms with Gasteiger partial charge in [0, 0.05) is 11.6 Å². The van der Waals surface area contributed by atoms with Crippen molar-refractivity contribution < 1.29 is 13.2 Å². The van der Waals surface area contributed by atoms with Gasteiger partial charge in [0.05, 0.1) is 4.90 Å². The Morgan fingerprint density at radius 1 is 0.967 bits per heavy atom. The zero-order valence-corrected chi connectivity index (χ0v) is 17.5. The van der Waals surface area contributed by atoms with Crippen LogP contribution in [0.3, 0.4) is 0 Å². The van der Waals surface area contributed by atoms with Crippen molar-refractivity contribution in [2.24, 2.45) is 0 Å². The average molecular weight is 438 g/mol. The van der Waals surface area contributed by atoms with Crippen LogP contribution in [0.15, 0.2) is 89.3 Å². The molecule has 8 heteroatoms. The van der Waals surface area contributed by atoms with Gasteiger partial charge in [-0.25, -0.2) is 13.4 Å². The number of benzene rings is 3. The van der Waals surface area contributed by atoms with Gasteiger partial charge in [-0.1, -0.05) is 60.7 Å². The summed E-state index contributed by atoms with van der Waals surface area (Å²) in [5, 5.41) is 6.60. The number of thiazole rings is 1. The van der Waals surface area contributed by atoms with Crippen molar-refractivity contribution in [1.82, 2.24) is 9.71 Å². The van der Waals surface area contributed by atoms with Gasteiger partial charge in [0.2, 0.25) is 15.9 Å². The van der Waals surface area contributed by atoms with Gasteiger partial charge in [-0.2, -0.15) is 4.72 Å². The third-order valence-electron chi connectivity index (χ3n) is 4.59. The molecule has 0 aliphatic carbocycles. The number of rotatable bonds is 7. The highest BCUT2D eigenvalue weighted by atomic mass is 32.2. The zero-order valence-electron chi connectivity index (χ0n) is 15.9. The molecule has 1 heterocycles. The monoisotopic (exact) mass is 437 g/mol. The van der Waals surface area contributed by atoms with E-state index in [0.717, 1.165) is 16.3 Å². The number of nitrogens with zero attached hydrogens (tertiary/aromatic N) is 1. The second-order valence-electron chi connectivity index (χ2n) is 6.70. The van der Waals surface area contributed by atoms with Crippen molar-refractivity contribution in [3.05, 3.63) is 89.9 Å². The highest BCUT2D eigenvalue weighted by molar-refractivity contribution is 7.89. The van der Waals surface area contributed by atoms with Gasteiger partial charge in [0.25, 0.3) is 0 Å². The summed E-state index contributed by atoms with van der Waals surface area (Å²) in [5.74, 6) is -0.460. The molecule has 4 aromatic rings. The van der Waals surface area contributed by atoms with Crippen molar-refractivity contribution >= 4 is 43.2 Å². The summed E-state index contributed by atoms with van der Waals surface area (Å²) >= 11 is 1.27. The summed E-state index contributed by atoms with van der Waals surface area (Å²) in [6, 6.07) is 20.7. The Hall–Kier alpha value is -3.07. The maximum atomic E-state index is 13.1. The van der Waals surface area contributed by atoms with Crippen LogP contribution in [0.1, 0.15) is 5.56 Å². The quantitative estimate of drug-likeness (QED) is 0.460. The summed E-state index contributed by atoms with van der Waals surface area (Å²) in [6.07, 6.45) is 1.79. The van der Waals surface area contributed by atoms with Crippen LogP contribution < -0.4 is 10.0 Å². The van der Waals surface area contributed by atoms with Crippen LogP contribution in [0.25, 0.3) is 10.8 Å². The molecular weight excluding hydrogens is 418 g/mol. The van der Waals surface area contributed by atoms with E-state index < -0.39 is 22.0 Å². The van der Waals surface area contributed by atoms with E-state index in [0.29, 0.717) is 5.13 Å².